The van der Waals surface area contributed by atoms with Gasteiger partial charge in [0.15, 0.2) is 0 Å². The van der Waals surface area contributed by atoms with Gasteiger partial charge in [-0.3, -0.25) is 9.59 Å². The number of ether oxygens (including phenoxy) is 2. The Morgan fingerprint density at radius 1 is 1.83 bits per heavy atom. The highest BCUT2D eigenvalue weighted by Crippen LogP contribution is 2.04. The number of amides is 1. The van der Waals surface area contributed by atoms with E-state index in [9.17, 15) is 9.59 Å². The first-order chi connectivity index (χ1) is 5.70. The van der Waals surface area contributed by atoms with Gasteiger partial charge >= 0.3 is 5.97 Å². The first-order valence-corrected chi connectivity index (χ1v) is 3.58. The molecule has 0 saturated carbocycles. The van der Waals surface area contributed by atoms with Crippen LogP contribution >= 0.6 is 0 Å². The molecule has 0 aromatic rings. The zero-order valence-electron chi connectivity index (χ0n) is 6.78. The van der Waals surface area contributed by atoms with Gasteiger partial charge in [-0.1, -0.05) is 0 Å². The zero-order valence-corrected chi connectivity index (χ0v) is 6.78. The van der Waals surface area contributed by atoms with E-state index in [1.54, 1.807) is 0 Å². The molecule has 0 radical (unpaired) electrons. The summed E-state index contributed by atoms with van der Waals surface area (Å²) in [5, 5.41) is 0. The van der Waals surface area contributed by atoms with E-state index in [1.165, 1.54) is 18.6 Å². The van der Waals surface area contributed by atoms with Crippen molar-refractivity contribution in [2.45, 2.75) is 6.92 Å². The van der Waals surface area contributed by atoms with Crippen LogP contribution in [0.4, 0.5) is 0 Å². The van der Waals surface area contributed by atoms with Crippen LogP contribution in [0.2, 0.25) is 0 Å². The van der Waals surface area contributed by atoms with E-state index >= 15 is 0 Å². The summed E-state index contributed by atoms with van der Waals surface area (Å²) in [7, 11) is 0. The molecule has 12 heavy (non-hydrogen) atoms. The van der Waals surface area contributed by atoms with E-state index < -0.39 is 0 Å². The van der Waals surface area contributed by atoms with E-state index in [0.717, 1.165) is 0 Å². The highest BCUT2D eigenvalue weighted by atomic mass is 16.5. The third-order valence-corrected chi connectivity index (χ3v) is 1.37. The lowest BCUT2D eigenvalue weighted by atomic mass is 10.5. The molecule has 1 aliphatic heterocycles. The van der Waals surface area contributed by atoms with Gasteiger partial charge in [-0.25, -0.2) is 0 Å². The molecule has 0 aromatic heterocycles. The molecular weight excluding hydrogens is 162 g/mol. The van der Waals surface area contributed by atoms with Crippen LogP contribution in [-0.4, -0.2) is 36.5 Å². The minimum atomic E-state index is -0.345. The molecular formula is C7H10NO4-. The third-order valence-electron chi connectivity index (χ3n) is 1.37. The molecule has 1 rings (SSSR count). The highest BCUT2D eigenvalue weighted by molar-refractivity contribution is 5.79. The molecule has 5 nitrogen and oxygen atoms in total. The highest BCUT2D eigenvalue weighted by Gasteiger charge is 2.11. The average molecular weight is 172 g/mol. The fourth-order valence-electron chi connectivity index (χ4n) is 0.805. The second-order valence-corrected chi connectivity index (χ2v) is 2.34. The molecule has 1 amide bonds. The van der Waals surface area contributed by atoms with Gasteiger partial charge < -0.3 is 14.4 Å². The van der Waals surface area contributed by atoms with Gasteiger partial charge in [0.2, 0.25) is 5.91 Å². The minimum absolute atomic E-state index is 0.0834. The molecule has 0 unspecified atom stereocenters. The van der Waals surface area contributed by atoms with Crippen LogP contribution in [0.15, 0.2) is 0 Å². The van der Waals surface area contributed by atoms with Crippen molar-refractivity contribution < 1.29 is 19.1 Å². The largest absolute Gasteiger partial charge is 0.525 e. The van der Waals surface area contributed by atoms with E-state index in [0.29, 0.717) is 6.54 Å². The van der Waals surface area contributed by atoms with Crippen LogP contribution in [0, 0.1) is 6.73 Å². The van der Waals surface area contributed by atoms with Crippen molar-refractivity contribution in [1.82, 2.24) is 4.90 Å². The normalized spacial score (nSPS) is 16.8. The molecule has 1 aliphatic rings. The lowest BCUT2D eigenvalue weighted by Gasteiger charge is -2.22. The van der Waals surface area contributed by atoms with Crippen LogP contribution in [0.3, 0.4) is 0 Å². The Morgan fingerprint density at radius 2 is 2.58 bits per heavy atom. The first-order valence-electron chi connectivity index (χ1n) is 3.58. The summed E-state index contributed by atoms with van der Waals surface area (Å²) in [6.45, 7) is 3.32. The summed E-state index contributed by atoms with van der Waals surface area (Å²) in [6, 6.07) is 0. The Hall–Kier alpha value is -1.10. The third kappa shape index (κ3) is 2.50. The van der Waals surface area contributed by atoms with Crippen molar-refractivity contribution in [3.8, 4) is 0 Å². The second-order valence-electron chi connectivity index (χ2n) is 2.34. The lowest BCUT2D eigenvalue weighted by molar-refractivity contribution is -0.142. The van der Waals surface area contributed by atoms with Crippen LogP contribution in [0.1, 0.15) is 6.92 Å². The fraction of sp³-hybridized carbons (Fsp3) is 0.571. The average Bonchev–Trinajstić information content (AvgIpc) is 2.36. The quantitative estimate of drug-likeness (QED) is 0.426. The van der Waals surface area contributed by atoms with Gasteiger partial charge in [-0.05, 0) is 0 Å². The van der Waals surface area contributed by atoms with E-state index in [2.05, 4.69) is 4.74 Å². The Morgan fingerprint density at radius 3 is 3.08 bits per heavy atom. The van der Waals surface area contributed by atoms with Crippen LogP contribution in [0.5, 0.6) is 0 Å². The van der Waals surface area contributed by atoms with E-state index in [1.807, 2.05) is 0 Å². The van der Waals surface area contributed by atoms with Crippen molar-refractivity contribution in [2.75, 3.05) is 19.8 Å². The smallest absolute Gasteiger partial charge is 0.302 e. The van der Waals surface area contributed by atoms with Crippen molar-refractivity contribution >= 4 is 11.9 Å². The summed E-state index contributed by atoms with van der Waals surface area (Å²) in [4.78, 5) is 22.6. The van der Waals surface area contributed by atoms with Gasteiger partial charge in [-0.15, -0.1) is 6.73 Å². The lowest BCUT2D eigenvalue weighted by Crippen LogP contribution is -2.27. The molecule has 5 heteroatoms. The fourth-order valence-corrected chi connectivity index (χ4v) is 0.805. The Balaban J connectivity index is 2.14. The van der Waals surface area contributed by atoms with Gasteiger partial charge in [0.1, 0.15) is 6.61 Å². The number of carbonyl (C=O) groups is 2. The zero-order chi connectivity index (χ0) is 8.97. The number of nitrogens with zero attached hydrogens (tertiary/aromatic N) is 1. The number of rotatable bonds is 3. The molecule has 0 N–H and O–H groups in total. The monoisotopic (exact) mass is 172 g/mol. The maximum Gasteiger partial charge on any atom is 0.302 e. The summed E-state index contributed by atoms with van der Waals surface area (Å²) < 4.78 is 9.38. The van der Waals surface area contributed by atoms with Crippen LogP contribution in [0.25, 0.3) is 0 Å². The van der Waals surface area contributed by atoms with Crippen molar-refractivity contribution in [1.29, 1.82) is 0 Å². The molecule has 0 aliphatic carbocycles. The molecule has 68 valence electrons. The Bertz CT molecular complexity index is 192. The summed E-state index contributed by atoms with van der Waals surface area (Å²) >= 11 is 0. The number of hydrogen-bond acceptors (Lipinski definition) is 4. The molecule has 1 saturated heterocycles. The maximum absolute atomic E-state index is 10.9. The number of hydrogen-bond donors (Lipinski definition) is 0. The molecule has 0 atom stereocenters. The van der Waals surface area contributed by atoms with Crippen LogP contribution in [-0.2, 0) is 19.1 Å². The topological polar surface area (TPSA) is 55.8 Å². The molecule has 1 heterocycles. The predicted octanol–water partition coefficient (Wildman–Crippen LogP) is -0.472. The Kier molecular flexibility index (Phi) is 3.04. The predicted molar refractivity (Wildman–Crippen MR) is 38.6 cm³/mol. The summed E-state index contributed by atoms with van der Waals surface area (Å²) in [6.07, 6.45) is 0. The summed E-state index contributed by atoms with van der Waals surface area (Å²) in [5.41, 5.74) is 0. The van der Waals surface area contributed by atoms with Crippen LogP contribution < -0.4 is 0 Å². The van der Waals surface area contributed by atoms with Gasteiger partial charge in [-0.2, -0.15) is 0 Å². The van der Waals surface area contributed by atoms with Crippen molar-refractivity contribution in [2.24, 2.45) is 0 Å². The van der Waals surface area contributed by atoms with E-state index in [-0.39, 0.29) is 25.1 Å². The molecule has 0 spiro atoms. The minimum Gasteiger partial charge on any atom is -0.525 e. The van der Waals surface area contributed by atoms with E-state index in [4.69, 9.17) is 4.74 Å². The Labute approximate surface area is 70.2 Å². The first kappa shape index (κ1) is 8.99. The maximum atomic E-state index is 10.9. The van der Waals surface area contributed by atoms with Crippen molar-refractivity contribution in [3.63, 3.8) is 0 Å². The number of carbonyl (C=O) groups excluding carboxylic acids is 2. The van der Waals surface area contributed by atoms with Crippen molar-refractivity contribution in [3.05, 3.63) is 6.73 Å². The molecule has 1 fully saturated rings. The SMILES string of the molecule is CC(=O)OCCN1[CH-]OCC1=O. The number of esters is 1. The van der Waals surface area contributed by atoms with Gasteiger partial charge in [0.25, 0.3) is 0 Å². The van der Waals surface area contributed by atoms with Gasteiger partial charge in [0, 0.05) is 13.5 Å². The molecule has 0 bridgehead atoms. The van der Waals surface area contributed by atoms with Gasteiger partial charge in [0.05, 0.1) is 6.61 Å². The standard InChI is InChI=1S/C7H10NO4/c1-6(9)12-3-2-8-5-11-4-7(8)10/h5H,2-4H2,1H3/q-1. The second kappa shape index (κ2) is 4.06. The summed E-state index contributed by atoms with van der Waals surface area (Å²) in [5.74, 6) is -0.454. The molecule has 0 aromatic carbocycles.